The van der Waals surface area contributed by atoms with Crippen molar-refractivity contribution in [2.24, 2.45) is 5.92 Å². The van der Waals surface area contributed by atoms with E-state index >= 15 is 0 Å². The lowest BCUT2D eigenvalue weighted by atomic mass is 9.96. The van der Waals surface area contributed by atoms with Crippen LogP contribution in [0.3, 0.4) is 0 Å². The number of carbonyl (C=O) groups excluding carboxylic acids is 1. The van der Waals surface area contributed by atoms with Gasteiger partial charge in [-0.25, -0.2) is 0 Å². The van der Waals surface area contributed by atoms with Crippen LogP contribution < -0.4 is 5.32 Å². The van der Waals surface area contributed by atoms with Gasteiger partial charge in [-0.05, 0) is 12.8 Å². The summed E-state index contributed by atoms with van der Waals surface area (Å²) in [4.78, 5) is 11.7. The van der Waals surface area contributed by atoms with Gasteiger partial charge in [0.05, 0.1) is 12.3 Å². The molecule has 0 radical (unpaired) electrons. The first kappa shape index (κ1) is 13.7. The summed E-state index contributed by atoms with van der Waals surface area (Å²) >= 11 is 0. The molecule has 1 rings (SSSR count). The number of nitrogens with zero attached hydrogens (tertiary/aromatic N) is 1. The van der Waals surface area contributed by atoms with E-state index in [1.165, 1.54) is 6.20 Å². The quantitative estimate of drug-likeness (QED) is 0.790. The summed E-state index contributed by atoms with van der Waals surface area (Å²) in [5.74, 6) is 0.451. The molecule has 5 heteroatoms. The molecule has 0 aliphatic heterocycles. The number of aromatic nitrogens is 1. The number of aryl methyl sites for hydroxylation is 1. The lowest BCUT2D eigenvalue weighted by Gasteiger charge is -2.20. The Morgan fingerprint density at radius 2 is 2.18 bits per heavy atom. The molecular weight excluding hydrogens is 220 g/mol. The van der Waals surface area contributed by atoms with E-state index in [2.05, 4.69) is 10.5 Å². The van der Waals surface area contributed by atoms with E-state index in [9.17, 15) is 9.90 Å². The Morgan fingerprint density at radius 1 is 1.53 bits per heavy atom. The van der Waals surface area contributed by atoms with Gasteiger partial charge in [-0.2, -0.15) is 0 Å². The van der Waals surface area contributed by atoms with Crippen LogP contribution in [0, 0.1) is 12.8 Å². The largest absolute Gasteiger partial charge is 0.391 e. The predicted molar refractivity (Wildman–Crippen MR) is 63.7 cm³/mol. The molecule has 0 aliphatic rings. The van der Waals surface area contributed by atoms with Crippen molar-refractivity contribution in [3.05, 3.63) is 17.5 Å². The van der Waals surface area contributed by atoms with Gasteiger partial charge in [0.1, 0.15) is 11.3 Å². The summed E-state index contributed by atoms with van der Waals surface area (Å²) in [5.41, 5.74) is 0.418. The minimum absolute atomic E-state index is 0.221. The van der Waals surface area contributed by atoms with E-state index in [1.807, 2.05) is 13.8 Å². The van der Waals surface area contributed by atoms with Crippen LogP contribution in [0.1, 0.15) is 42.8 Å². The van der Waals surface area contributed by atoms with E-state index in [0.717, 1.165) is 12.8 Å². The molecular formula is C12H20N2O3. The van der Waals surface area contributed by atoms with Gasteiger partial charge in [0, 0.05) is 6.54 Å². The molecule has 2 N–H and O–H groups in total. The molecule has 1 aromatic heterocycles. The molecule has 0 aliphatic carbocycles. The third kappa shape index (κ3) is 3.56. The van der Waals surface area contributed by atoms with Crippen LogP contribution in [0.4, 0.5) is 0 Å². The number of aliphatic hydroxyl groups excluding tert-OH is 1. The van der Waals surface area contributed by atoms with Crippen molar-refractivity contribution >= 4 is 5.91 Å². The van der Waals surface area contributed by atoms with Crippen LogP contribution in [0.2, 0.25) is 0 Å². The molecule has 1 unspecified atom stereocenters. The second-order valence-corrected chi connectivity index (χ2v) is 4.15. The number of hydrogen-bond acceptors (Lipinski definition) is 4. The predicted octanol–water partition coefficient (Wildman–Crippen LogP) is 1.51. The molecule has 0 saturated carbocycles. The fourth-order valence-electron chi connectivity index (χ4n) is 1.81. The minimum Gasteiger partial charge on any atom is -0.391 e. The summed E-state index contributed by atoms with van der Waals surface area (Å²) in [7, 11) is 0. The highest BCUT2D eigenvalue weighted by atomic mass is 16.5. The molecule has 17 heavy (non-hydrogen) atoms. The summed E-state index contributed by atoms with van der Waals surface area (Å²) in [5, 5.41) is 16.1. The van der Waals surface area contributed by atoms with Gasteiger partial charge in [0.2, 0.25) is 0 Å². The molecule has 0 fully saturated rings. The summed E-state index contributed by atoms with van der Waals surface area (Å²) in [6, 6.07) is 0. The van der Waals surface area contributed by atoms with Gasteiger partial charge in [-0.3, -0.25) is 4.79 Å². The smallest absolute Gasteiger partial charge is 0.256 e. The summed E-state index contributed by atoms with van der Waals surface area (Å²) < 4.78 is 4.81. The van der Waals surface area contributed by atoms with Gasteiger partial charge in [0.15, 0.2) is 0 Å². The zero-order valence-electron chi connectivity index (χ0n) is 10.6. The monoisotopic (exact) mass is 240 g/mol. The Kier molecular flexibility index (Phi) is 5.15. The van der Waals surface area contributed by atoms with Gasteiger partial charge in [0.25, 0.3) is 5.91 Å². The van der Waals surface area contributed by atoms with E-state index in [4.69, 9.17) is 4.52 Å². The van der Waals surface area contributed by atoms with Gasteiger partial charge >= 0.3 is 0 Å². The molecule has 0 saturated heterocycles. The van der Waals surface area contributed by atoms with Crippen LogP contribution in [-0.4, -0.2) is 28.8 Å². The number of carbonyl (C=O) groups is 1. The first-order chi connectivity index (χ1) is 8.10. The lowest BCUT2D eigenvalue weighted by molar-refractivity contribution is 0.0815. The third-order valence-corrected chi connectivity index (χ3v) is 3.06. The van der Waals surface area contributed by atoms with Crippen LogP contribution in [0.25, 0.3) is 0 Å². The van der Waals surface area contributed by atoms with Crippen LogP contribution >= 0.6 is 0 Å². The number of rotatable bonds is 6. The zero-order valence-corrected chi connectivity index (χ0v) is 10.6. The molecule has 1 amide bonds. The molecule has 96 valence electrons. The highest BCUT2D eigenvalue weighted by Gasteiger charge is 2.18. The molecule has 0 aromatic carbocycles. The minimum atomic E-state index is -0.505. The SMILES string of the molecule is CCC(CC)C(O)CNC(=O)c1cnoc1C. The molecule has 1 heterocycles. The standard InChI is InChI=1S/C12H20N2O3/c1-4-9(5-2)11(15)7-13-12(16)10-6-14-17-8(10)3/h6,9,11,15H,4-5,7H2,1-3H3,(H,13,16). The molecule has 1 atom stereocenters. The van der Waals surface area contributed by atoms with Crippen molar-refractivity contribution in [1.29, 1.82) is 0 Å². The van der Waals surface area contributed by atoms with E-state index in [0.29, 0.717) is 11.3 Å². The Bertz CT molecular complexity index is 358. The maximum absolute atomic E-state index is 11.7. The van der Waals surface area contributed by atoms with Crippen molar-refractivity contribution in [2.75, 3.05) is 6.54 Å². The fourth-order valence-corrected chi connectivity index (χ4v) is 1.81. The number of aliphatic hydroxyl groups is 1. The lowest BCUT2D eigenvalue weighted by Crippen LogP contribution is -2.36. The molecule has 1 aromatic rings. The summed E-state index contributed by atoms with van der Waals surface area (Å²) in [6.07, 6.45) is 2.68. The second-order valence-electron chi connectivity index (χ2n) is 4.15. The maximum Gasteiger partial charge on any atom is 0.256 e. The van der Waals surface area contributed by atoms with Gasteiger partial charge in [-0.1, -0.05) is 31.8 Å². The topological polar surface area (TPSA) is 75.4 Å². The third-order valence-electron chi connectivity index (χ3n) is 3.06. The van der Waals surface area contributed by atoms with Crippen molar-refractivity contribution < 1.29 is 14.4 Å². The Balaban J connectivity index is 2.46. The Morgan fingerprint density at radius 3 is 2.65 bits per heavy atom. The van der Waals surface area contributed by atoms with Crippen molar-refractivity contribution in [3.63, 3.8) is 0 Å². The van der Waals surface area contributed by atoms with Gasteiger partial charge in [-0.15, -0.1) is 0 Å². The molecule has 0 bridgehead atoms. The van der Waals surface area contributed by atoms with Crippen LogP contribution in [0.15, 0.2) is 10.7 Å². The van der Waals surface area contributed by atoms with Crippen molar-refractivity contribution in [2.45, 2.75) is 39.7 Å². The number of amides is 1. The van der Waals surface area contributed by atoms with Crippen molar-refractivity contribution in [3.8, 4) is 0 Å². The fraction of sp³-hybridized carbons (Fsp3) is 0.667. The second kappa shape index (κ2) is 6.39. The van der Waals surface area contributed by atoms with E-state index < -0.39 is 6.10 Å². The first-order valence-corrected chi connectivity index (χ1v) is 5.97. The number of nitrogens with one attached hydrogen (secondary N) is 1. The maximum atomic E-state index is 11.7. The normalized spacial score (nSPS) is 12.8. The molecule has 5 nitrogen and oxygen atoms in total. The van der Waals surface area contributed by atoms with Crippen LogP contribution in [-0.2, 0) is 0 Å². The number of hydrogen-bond donors (Lipinski definition) is 2. The van der Waals surface area contributed by atoms with Crippen molar-refractivity contribution in [1.82, 2.24) is 10.5 Å². The van der Waals surface area contributed by atoms with E-state index in [1.54, 1.807) is 6.92 Å². The highest BCUT2D eigenvalue weighted by molar-refractivity contribution is 5.94. The van der Waals surface area contributed by atoms with Gasteiger partial charge < -0.3 is 14.9 Å². The first-order valence-electron chi connectivity index (χ1n) is 5.97. The Labute approximate surface area is 101 Å². The average molecular weight is 240 g/mol. The molecule has 0 spiro atoms. The zero-order chi connectivity index (χ0) is 12.8. The van der Waals surface area contributed by atoms with Crippen LogP contribution in [0.5, 0.6) is 0 Å². The summed E-state index contributed by atoms with van der Waals surface area (Å²) in [6.45, 7) is 6.00. The average Bonchev–Trinajstić information content (AvgIpc) is 2.74. The Hall–Kier alpha value is -1.36. The highest BCUT2D eigenvalue weighted by Crippen LogP contribution is 2.12. The van der Waals surface area contributed by atoms with E-state index in [-0.39, 0.29) is 18.4 Å².